The van der Waals surface area contributed by atoms with Gasteiger partial charge < -0.3 is 19.3 Å². The van der Waals surface area contributed by atoms with Crippen molar-refractivity contribution in [2.24, 2.45) is 0 Å². The number of anilines is 1. The predicted octanol–water partition coefficient (Wildman–Crippen LogP) is 3.49. The first kappa shape index (κ1) is 19.9. The molecule has 156 valence electrons. The Balaban J connectivity index is 1.55. The van der Waals surface area contributed by atoms with Crippen molar-refractivity contribution in [2.75, 3.05) is 45.3 Å². The van der Waals surface area contributed by atoms with Gasteiger partial charge in [0.05, 0.1) is 25.3 Å². The van der Waals surface area contributed by atoms with E-state index in [0.717, 1.165) is 12.1 Å². The number of amides is 1. The summed E-state index contributed by atoms with van der Waals surface area (Å²) in [4.78, 5) is 20.6. The molecule has 0 saturated carbocycles. The van der Waals surface area contributed by atoms with Gasteiger partial charge in [0, 0.05) is 44.0 Å². The van der Waals surface area contributed by atoms with Crippen LogP contribution >= 0.6 is 0 Å². The number of nitrogens with zero attached hydrogens (tertiary/aromatic N) is 3. The SMILES string of the molecule is COc1cc(OC)cc(C(=O)N2CCN(c3ccnc4c(F)ccc(F)c34)CC2)c1. The number of carbonyl (C=O) groups excluding carboxylic acids is 1. The maximum absolute atomic E-state index is 14.4. The Morgan fingerprint density at radius 1 is 0.933 bits per heavy atom. The molecule has 2 heterocycles. The highest BCUT2D eigenvalue weighted by atomic mass is 19.1. The number of rotatable bonds is 4. The monoisotopic (exact) mass is 413 g/mol. The molecule has 2 aromatic carbocycles. The Bertz CT molecular complexity index is 1080. The van der Waals surface area contributed by atoms with E-state index in [-0.39, 0.29) is 16.8 Å². The zero-order valence-electron chi connectivity index (χ0n) is 16.7. The Kier molecular flexibility index (Phi) is 5.39. The molecule has 1 aromatic heterocycles. The highest BCUT2D eigenvalue weighted by molar-refractivity contribution is 5.96. The molecule has 0 unspecified atom stereocenters. The van der Waals surface area contributed by atoms with Crippen LogP contribution in [-0.4, -0.2) is 56.2 Å². The smallest absolute Gasteiger partial charge is 0.254 e. The Morgan fingerprint density at radius 2 is 1.57 bits per heavy atom. The van der Waals surface area contributed by atoms with E-state index < -0.39 is 11.6 Å². The molecule has 1 saturated heterocycles. The second-order valence-corrected chi connectivity index (χ2v) is 6.96. The van der Waals surface area contributed by atoms with Gasteiger partial charge >= 0.3 is 0 Å². The average Bonchev–Trinajstić information content (AvgIpc) is 2.80. The molecule has 1 fully saturated rings. The predicted molar refractivity (Wildman–Crippen MR) is 109 cm³/mol. The van der Waals surface area contributed by atoms with Crippen molar-refractivity contribution in [1.82, 2.24) is 9.88 Å². The topological polar surface area (TPSA) is 54.9 Å². The summed E-state index contributed by atoms with van der Waals surface area (Å²) in [6, 6.07) is 8.91. The molecule has 0 aliphatic carbocycles. The van der Waals surface area contributed by atoms with Gasteiger partial charge in [-0.15, -0.1) is 0 Å². The molecule has 4 rings (SSSR count). The van der Waals surface area contributed by atoms with Crippen LogP contribution in [0.3, 0.4) is 0 Å². The standard InChI is InChI=1S/C22H21F2N3O3/c1-29-15-11-14(12-16(13-15)30-2)22(28)27-9-7-26(8-10-27)19-5-6-25-21-18(24)4-3-17(23)20(19)21/h3-6,11-13H,7-10H2,1-2H3. The largest absolute Gasteiger partial charge is 0.497 e. The molecule has 0 N–H and O–H groups in total. The average molecular weight is 413 g/mol. The molecule has 1 aliphatic heterocycles. The number of methoxy groups -OCH3 is 2. The molecule has 0 spiro atoms. The van der Waals surface area contributed by atoms with Gasteiger partial charge in [0.25, 0.3) is 5.91 Å². The van der Waals surface area contributed by atoms with Crippen molar-refractivity contribution in [3.05, 3.63) is 59.8 Å². The first-order valence-electron chi connectivity index (χ1n) is 9.52. The lowest BCUT2D eigenvalue weighted by atomic mass is 10.1. The van der Waals surface area contributed by atoms with Crippen LogP contribution in [0.25, 0.3) is 10.9 Å². The number of hydrogen-bond donors (Lipinski definition) is 0. The van der Waals surface area contributed by atoms with Crippen LogP contribution in [0.2, 0.25) is 0 Å². The fraction of sp³-hybridized carbons (Fsp3) is 0.273. The molecule has 0 radical (unpaired) electrons. The summed E-state index contributed by atoms with van der Waals surface area (Å²) in [5.41, 5.74) is 1.06. The third-order valence-electron chi connectivity index (χ3n) is 5.28. The number of pyridine rings is 1. The first-order valence-corrected chi connectivity index (χ1v) is 9.52. The van der Waals surface area contributed by atoms with Gasteiger partial charge in [-0.25, -0.2) is 8.78 Å². The first-order chi connectivity index (χ1) is 14.5. The normalized spacial score (nSPS) is 14.1. The molecular weight excluding hydrogens is 392 g/mol. The van der Waals surface area contributed by atoms with Gasteiger partial charge in [0.2, 0.25) is 0 Å². The van der Waals surface area contributed by atoms with Crippen LogP contribution in [-0.2, 0) is 0 Å². The summed E-state index contributed by atoms with van der Waals surface area (Å²) in [5, 5.41) is 0.162. The third-order valence-corrected chi connectivity index (χ3v) is 5.28. The molecule has 3 aromatic rings. The van der Waals surface area contributed by atoms with Crippen molar-refractivity contribution in [3.8, 4) is 11.5 Å². The van der Waals surface area contributed by atoms with Gasteiger partial charge in [-0.1, -0.05) is 0 Å². The second-order valence-electron chi connectivity index (χ2n) is 6.96. The van der Waals surface area contributed by atoms with E-state index in [9.17, 15) is 13.6 Å². The van der Waals surface area contributed by atoms with Gasteiger partial charge in [0.1, 0.15) is 28.7 Å². The zero-order valence-corrected chi connectivity index (χ0v) is 16.7. The summed E-state index contributed by atoms with van der Waals surface area (Å²) in [6.07, 6.45) is 1.47. The van der Waals surface area contributed by atoms with E-state index >= 15 is 0 Å². The highest BCUT2D eigenvalue weighted by Crippen LogP contribution is 2.30. The minimum absolute atomic E-state index is 0.00878. The number of hydrogen-bond acceptors (Lipinski definition) is 5. The van der Waals surface area contributed by atoms with Crippen LogP contribution in [0.4, 0.5) is 14.5 Å². The van der Waals surface area contributed by atoms with Crippen LogP contribution in [0.1, 0.15) is 10.4 Å². The maximum atomic E-state index is 14.4. The van der Waals surface area contributed by atoms with Crippen molar-refractivity contribution >= 4 is 22.5 Å². The lowest BCUT2D eigenvalue weighted by molar-refractivity contribution is 0.0746. The van der Waals surface area contributed by atoms with E-state index in [1.54, 1.807) is 29.2 Å². The Hall–Kier alpha value is -3.42. The summed E-state index contributed by atoms with van der Waals surface area (Å²) >= 11 is 0. The van der Waals surface area contributed by atoms with E-state index in [2.05, 4.69) is 4.98 Å². The molecule has 1 aliphatic rings. The summed E-state index contributed by atoms with van der Waals surface area (Å²) in [7, 11) is 3.06. The number of ether oxygens (including phenoxy) is 2. The summed E-state index contributed by atoms with van der Waals surface area (Å²) < 4.78 is 39.0. The summed E-state index contributed by atoms with van der Waals surface area (Å²) in [6.45, 7) is 1.86. The highest BCUT2D eigenvalue weighted by Gasteiger charge is 2.25. The van der Waals surface area contributed by atoms with Crippen LogP contribution in [0.15, 0.2) is 42.6 Å². The van der Waals surface area contributed by atoms with Gasteiger partial charge in [-0.3, -0.25) is 9.78 Å². The summed E-state index contributed by atoms with van der Waals surface area (Å²) in [5.74, 6) is -0.136. The minimum Gasteiger partial charge on any atom is -0.497 e. The number of benzene rings is 2. The molecule has 8 heteroatoms. The van der Waals surface area contributed by atoms with Crippen molar-refractivity contribution < 1.29 is 23.0 Å². The number of fused-ring (bicyclic) bond motifs is 1. The lowest BCUT2D eigenvalue weighted by Gasteiger charge is -2.36. The molecule has 0 bridgehead atoms. The molecule has 1 amide bonds. The minimum atomic E-state index is -0.561. The molecule has 6 nitrogen and oxygen atoms in total. The number of piperazine rings is 1. The van der Waals surface area contributed by atoms with Crippen LogP contribution in [0.5, 0.6) is 11.5 Å². The maximum Gasteiger partial charge on any atom is 0.254 e. The Labute approximate surface area is 172 Å². The van der Waals surface area contributed by atoms with Crippen molar-refractivity contribution in [1.29, 1.82) is 0 Å². The molecular formula is C22H21F2N3O3. The molecule has 30 heavy (non-hydrogen) atoms. The van der Waals surface area contributed by atoms with E-state index in [1.165, 1.54) is 20.4 Å². The molecule has 0 atom stereocenters. The number of halogens is 2. The zero-order chi connectivity index (χ0) is 21.3. The van der Waals surface area contributed by atoms with Gasteiger partial charge in [-0.2, -0.15) is 0 Å². The third kappa shape index (κ3) is 3.60. The lowest BCUT2D eigenvalue weighted by Crippen LogP contribution is -2.48. The van der Waals surface area contributed by atoms with Crippen LogP contribution in [0, 0.1) is 11.6 Å². The number of aromatic nitrogens is 1. The quantitative estimate of drug-likeness (QED) is 0.656. The van der Waals surface area contributed by atoms with Crippen molar-refractivity contribution in [2.45, 2.75) is 0 Å². The fourth-order valence-electron chi connectivity index (χ4n) is 3.70. The van der Waals surface area contributed by atoms with Crippen molar-refractivity contribution in [3.63, 3.8) is 0 Å². The van der Waals surface area contributed by atoms with Gasteiger partial charge in [-0.05, 0) is 30.3 Å². The second kappa shape index (κ2) is 8.14. The fourth-order valence-corrected chi connectivity index (χ4v) is 3.70. The Morgan fingerprint density at radius 3 is 2.20 bits per heavy atom. The van der Waals surface area contributed by atoms with E-state index in [4.69, 9.17) is 9.47 Å². The number of carbonyl (C=O) groups is 1. The van der Waals surface area contributed by atoms with Crippen LogP contribution < -0.4 is 14.4 Å². The van der Waals surface area contributed by atoms with E-state index in [1.807, 2.05) is 4.90 Å². The van der Waals surface area contributed by atoms with E-state index in [0.29, 0.717) is 48.9 Å². The van der Waals surface area contributed by atoms with Gasteiger partial charge in [0.15, 0.2) is 0 Å².